The first-order chi connectivity index (χ1) is 12.1. The molecule has 1 aromatic heterocycles. The maximum absolute atomic E-state index is 12.5. The van der Waals surface area contributed by atoms with Crippen LogP contribution in [0, 0.1) is 6.92 Å². The fraction of sp³-hybridized carbons (Fsp3) is 0.190. The molecular formula is C21H21ClN2O. The first kappa shape index (κ1) is 17.3. The lowest BCUT2D eigenvalue weighted by Gasteiger charge is -2.19. The summed E-state index contributed by atoms with van der Waals surface area (Å²) < 4.78 is 2.08. The summed E-state index contributed by atoms with van der Waals surface area (Å²) in [5.74, 6) is 0.0224. The first-order valence-corrected chi connectivity index (χ1v) is 8.70. The number of nitrogens with one attached hydrogen (secondary N) is 1. The number of carbonyl (C=O) groups excluding carboxylic acids is 1. The van der Waals surface area contributed by atoms with E-state index in [9.17, 15) is 4.79 Å². The molecule has 128 valence electrons. The van der Waals surface area contributed by atoms with Gasteiger partial charge in [-0.3, -0.25) is 4.79 Å². The molecule has 0 aliphatic heterocycles. The van der Waals surface area contributed by atoms with Crippen LogP contribution in [0.3, 0.4) is 0 Å². The second kappa shape index (κ2) is 8.04. The monoisotopic (exact) mass is 352 g/mol. The van der Waals surface area contributed by atoms with Gasteiger partial charge in [-0.05, 0) is 42.3 Å². The average Bonchev–Trinajstić information content (AvgIpc) is 3.14. The summed E-state index contributed by atoms with van der Waals surface area (Å²) in [6.45, 7) is 2.57. The van der Waals surface area contributed by atoms with Crippen LogP contribution in [0.1, 0.15) is 29.2 Å². The van der Waals surface area contributed by atoms with Gasteiger partial charge in [0.25, 0.3) is 0 Å². The Kier molecular flexibility index (Phi) is 5.56. The van der Waals surface area contributed by atoms with E-state index in [0.29, 0.717) is 18.0 Å². The second-order valence-corrected chi connectivity index (χ2v) is 6.60. The molecule has 25 heavy (non-hydrogen) atoms. The van der Waals surface area contributed by atoms with Gasteiger partial charge in [0.15, 0.2) is 0 Å². The number of rotatable bonds is 6. The summed E-state index contributed by atoms with van der Waals surface area (Å²) in [6.07, 6.45) is 4.39. The standard InChI is InChI=1S/C21H21ClN2O/c1-16-4-8-18(9-5-16)20(24-12-2-3-13-24)14-21(25)23-15-17-6-10-19(22)11-7-17/h2-13,20H,14-15H2,1H3,(H,23,25)/t20-/m1/s1. The molecule has 3 aromatic rings. The lowest BCUT2D eigenvalue weighted by atomic mass is 10.0. The fourth-order valence-corrected chi connectivity index (χ4v) is 2.92. The summed E-state index contributed by atoms with van der Waals surface area (Å²) >= 11 is 5.89. The van der Waals surface area contributed by atoms with E-state index in [1.54, 1.807) is 0 Å². The normalized spacial score (nSPS) is 11.9. The molecule has 1 atom stereocenters. The lowest BCUT2D eigenvalue weighted by molar-refractivity contribution is -0.121. The average molecular weight is 353 g/mol. The Labute approximate surface area is 153 Å². The van der Waals surface area contributed by atoms with Crippen LogP contribution in [0.15, 0.2) is 73.1 Å². The summed E-state index contributed by atoms with van der Waals surface area (Å²) in [5.41, 5.74) is 3.37. The summed E-state index contributed by atoms with van der Waals surface area (Å²) in [4.78, 5) is 12.5. The Morgan fingerprint density at radius 3 is 2.32 bits per heavy atom. The molecule has 1 N–H and O–H groups in total. The quantitative estimate of drug-likeness (QED) is 0.682. The fourth-order valence-electron chi connectivity index (χ4n) is 2.79. The van der Waals surface area contributed by atoms with Crippen molar-refractivity contribution in [1.29, 1.82) is 0 Å². The van der Waals surface area contributed by atoms with Crippen molar-refractivity contribution in [3.63, 3.8) is 0 Å². The molecule has 0 aliphatic carbocycles. The van der Waals surface area contributed by atoms with Crippen molar-refractivity contribution in [3.05, 3.63) is 94.8 Å². The van der Waals surface area contributed by atoms with E-state index in [0.717, 1.165) is 11.1 Å². The minimum absolute atomic E-state index is 0.0131. The number of amides is 1. The minimum Gasteiger partial charge on any atom is -0.352 e. The number of hydrogen-bond acceptors (Lipinski definition) is 1. The molecule has 1 amide bonds. The van der Waals surface area contributed by atoms with Crippen LogP contribution >= 0.6 is 11.6 Å². The SMILES string of the molecule is Cc1ccc([C@@H](CC(=O)NCc2ccc(Cl)cc2)n2cccc2)cc1. The van der Waals surface area contributed by atoms with E-state index >= 15 is 0 Å². The van der Waals surface area contributed by atoms with E-state index in [4.69, 9.17) is 11.6 Å². The number of carbonyl (C=O) groups is 1. The number of aryl methyl sites for hydroxylation is 1. The van der Waals surface area contributed by atoms with Crippen molar-refractivity contribution in [2.75, 3.05) is 0 Å². The van der Waals surface area contributed by atoms with Gasteiger partial charge in [0, 0.05) is 24.0 Å². The van der Waals surface area contributed by atoms with Crippen LogP contribution in [0.25, 0.3) is 0 Å². The molecule has 2 aromatic carbocycles. The third-order valence-corrected chi connectivity index (χ3v) is 4.48. The van der Waals surface area contributed by atoms with Gasteiger partial charge in [-0.1, -0.05) is 53.6 Å². The molecule has 0 radical (unpaired) electrons. The van der Waals surface area contributed by atoms with Gasteiger partial charge >= 0.3 is 0 Å². The van der Waals surface area contributed by atoms with Gasteiger partial charge in [-0.2, -0.15) is 0 Å². The molecule has 4 heteroatoms. The molecule has 0 unspecified atom stereocenters. The van der Waals surface area contributed by atoms with E-state index in [1.807, 2.05) is 48.8 Å². The summed E-state index contributed by atoms with van der Waals surface area (Å²) in [7, 11) is 0. The Morgan fingerprint density at radius 2 is 1.68 bits per heavy atom. The highest BCUT2D eigenvalue weighted by molar-refractivity contribution is 6.30. The van der Waals surface area contributed by atoms with Crippen LogP contribution in [0.2, 0.25) is 5.02 Å². The number of benzene rings is 2. The van der Waals surface area contributed by atoms with Gasteiger partial charge in [0.05, 0.1) is 12.5 Å². The largest absolute Gasteiger partial charge is 0.352 e. The molecule has 3 rings (SSSR count). The molecule has 0 fully saturated rings. The van der Waals surface area contributed by atoms with Crippen LogP contribution < -0.4 is 5.32 Å². The van der Waals surface area contributed by atoms with Crippen molar-refractivity contribution in [2.24, 2.45) is 0 Å². The van der Waals surface area contributed by atoms with Crippen LogP contribution in [0.4, 0.5) is 0 Å². The van der Waals surface area contributed by atoms with Crippen LogP contribution in [0.5, 0.6) is 0 Å². The van der Waals surface area contributed by atoms with Crippen LogP contribution in [-0.2, 0) is 11.3 Å². The molecule has 0 saturated carbocycles. The Balaban J connectivity index is 1.68. The molecular weight excluding hydrogens is 332 g/mol. The lowest BCUT2D eigenvalue weighted by Crippen LogP contribution is -2.26. The molecule has 0 aliphatic rings. The minimum atomic E-state index is -0.0131. The smallest absolute Gasteiger partial charge is 0.222 e. The number of aromatic nitrogens is 1. The highest BCUT2D eigenvalue weighted by atomic mass is 35.5. The predicted octanol–water partition coefficient (Wildman–Crippen LogP) is 4.75. The summed E-state index contributed by atoms with van der Waals surface area (Å²) in [6, 6.07) is 19.8. The van der Waals surface area contributed by atoms with Crippen molar-refractivity contribution >= 4 is 17.5 Å². The highest BCUT2D eigenvalue weighted by Crippen LogP contribution is 2.23. The molecule has 0 bridgehead atoms. The third kappa shape index (κ3) is 4.74. The zero-order chi connectivity index (χ0) is 17.6. The van der Waals surface area contributed by atoms with Gasteiger partial charge in [0.1, 0.15) is 0 Å². The molecule has 0 spiro atoms. The zero-order valence-corrected chi connectivity index (χ0v) is 14.9. The van der Waals surface area contributed by atoms with Crippen LogP contribution in [-0.4, -0.2) is 10.5 Å². The van der Waals surface area contributed by atoms with Gasteiger partial charge in [0.2, 0.25) is 5.91 Å². The van der Waals surface area contributed by atoms with Gasteiger partial charge < -0.3 is 9.88 Å². The molecule has 3 nitrogen and oxygen atoms in total. The number of nitrogens with zero attached hydrogens (tertiary/aromatic N) is 1. The number of halogens is 1. The molecule has 0 saturated heterocycles. The zero-order valence-electron chi connectivity index (χ0n) is 14.2. The maximum Gasteiger partial charge on any atom is 0.222 e. The van der Waals surface area contributed by atoms with E-state index in [2.05, 4.69) is 41.1 Å². The van der Waals surface area contributed by atoms with E-state index < -0.39 is 0 Å². The first-order valence-electron chi connectivity index (χ1n) is 8.32. The topological polar surface area (TPSA) is 34.0 Å². The highest BCUT2D eigenvalue weighted by Gasteiger charge is 2.17. The second-order valence-electron chi connectivity index (χ2n) is 6.16. The van der Waals surface area contributed by atoms with E-state index in [1.165, 1.54) is 5.56 Å². The van der Waals surface area contributed by atoms with Crippen molar-refractivity contribution in [2.45, 2.75) is 25.9 Å². The molecule has 1 heterocycles. The van der Waals surface area contributed by atoms with Gasteiger partial charge in [-0.15, -0.1) is 0 Å². The third-order valence-electron chi connectivity index (χ3n) is 4.23. The van der Waals surface area contributed by atoms with Crippen molar-refractivity contribution in [3.8, 4) is 0 Å². The maximum atomic E-state index is 12.5. The number of hydrogen-bond donors (Lipinski definition) is 1. The van der Waals surface area contributed by atoms with Crippen molar-refractivity contribution < 1.29 is 4.79 Å². The Morgan fingerprint density at radius 1 is 1.04 bits per heavy atom. The van der Waals surface area contributed by atoms with E-state index in [-0.39, 0.29) is 11.9 Å². The Bertz CT molecular complexity index is 808. The van der Waals surface area contributed by atoms with Crippen molar-refractivity contribution in [1.82, 2.24) is 9.88 Å². The predicted molar refractivity (Wildman–Crippen MR) is 102 cm³/mol. The Hall–Kier alpha value is -2.52. The van der Waals surface area contributed by atoms with Gasteiger partial charge in [-0.25, -0.2) is 0 Å². The summed E-state index contributed by atoms with van der Waals surface area (Å²) in [5, 5.41) is 3.69.